The van der Waals surface area contributed by atoms with Crippen molar-refractivity contribution >= 4 is 11.7 Å². The lowest BCUT2D eigenvalue weighted by atomic mass is 10.0. The minimum absolute atomic E-state index is 0.152. The molecule has 0 atom stereocenters. The number of hydrogen-bond acceptors (Lipinski definition) is 4. The first kappa shape index (κ1) is 20.3. The first-order valence-electron chi connectivity index (χ1n) is 10.3. The molecule has 1 aliphatic rings. The molecule has 2 heterocycles. The summed E-state index contributed by atoms with van der Waals surface area (Å²) >= 11 is 0. The number of nitrogens with zero attached hydrogens (tertiary/aromatic N) is 4. The van der Waals surface area contributed by atoms with Crippen LogP contribution in [-0.2, 0) is 17.6 Å². The van der Waals surface area contributed by atoms with Gasteiger partial charge in [0.25, 0.3) is 0 Å². The second-order valence-corrected chi connectivity index (χ2v) is 8.28. The van der Waals surface area contributed by atoms with Crippen molar-refractivity contribution in [2.45, 2.75) is 47.5 Å². The lowest BCUT2D eigenvalue weighted by Crippen LogP contribution is -2.48. The average molecular weight is 381 g/mol. The van der Waals surface area contributed by atoms with E-state index in [0.717, 1.165) is 56.4 Å². The van der Waals surface area contributed by atoms with Crippen LogP contribution in [-0.4, -0.2) is 47.0 Å². The Hall–Kier alpha value is -2.43. The van der Waals surface area contributed by atoms with Crippen LogP contribution in [0.15, 0.2) is 24.3 Å². The minimum Gasteiger partial charge on any atom is -0.353 e. The zero-order chi connectivity index (χ0) is 20.3. The Kier molecular flexibility index (Phi) is 6.32. The zero-order valence-corrected chi connectivity index (χ0v) is 17.8. The van der Waals surface area contributed by atoms with Gasteiger partial charge in [-0.2, -0.15) is 0 Å². The number of amides is 1. The maximum atomic E-state index is 11.7. The van der Waals surface area contributed by atoms with Crippen molar-refractivity contribution < 1.29 is 4.79 Å². The van der Waals surface area contributed by atoms with Gasteiger partial charge in [0, 0.05) is 57.2 Å². The van der Waals surface area contributed by atoms with Crippen LogP contribution in [0.5, 0.6) is 0 Å². The summed E-state index contributed by atoms with van der Waals surface area (Å²) in [5.74, 6) is 2.64. The lowest BCUT2D eigenvalue weighted by molar-refractivity contribution is -0.129. The molecular weight excluding hydrogens is 348 g/mol. The Balaban J connectivity index is 1.93. The van der Waals surface area contributed by atoms with E-state index in [0.29, 0.717) is 5.92 Å². The Morgan fingerprint density at radius 2 is 1.68 bits per heavy atom. The summed E-state index contributed by atoms with van der Waals surface area (Å²) in [6.07, 6.45) is 1.71. The smallest absolute Gasteiger partial charge is 0.219 e. The number of benzene rings is 1. The second kappa shape index (κ2) is 8.72. The van der Waals surface area contributed by atoms with Gasteiger partial charge < -0.3 is 9.80 Å². The van der Waals surface area contributed by atoms with Crippen LogP contribution in [0.2, 0.25) is 0 Å². The number of carbonyl (C=O) groups is 1. The first-order valence-corrected chi connectivity index (χ1v) is 10.3. The Morgan fingerprint density at radius 1 is 1.04 bits per heavy atom. The van der Waals surface area contributed by atoms with Crippen molar-refractivity contribution in [2.24, 2.45) is 5.92 Å². The highest BCUT2D eigenvalue weighted by atomic mass is 16.2. The summed E-state index contributed by atoms with van der Waals surface area (Å²) in [5, 5.41) is 0. The van der Waals surface area contributed by atoms with Gasteiger partial charge in [-0.1, -0.05) is 43.7 Å². The third-order valence-electron chi connectivity index (χ3n) is 5.36. The maximum Gasteiger partial charge on any atom is 0.219 e. The van der Waals surface area contributed by atoms with Gasteiger partial charge in [-0.25, -0.2) is 9.97 Å². The molecule has 0 saturated carbocycles. The molecule has 1 aromatic heterocycles. The monoisotopic (exact) mass is 380 g/mol. The molecule has 0 unspecified atom stereocenters. The molecule has 3 rings (SSSR count). The van der Waals surface area contributed by atoms with E-state index in [2.05, 4.69) is 56.9 Å². The number of anilines is 1. The third-order valence-corrected chi connectivity index (χ3v) is 5.36. The van der Waals surface area contributed by atoms with Crippen LogP contribution in [0.3, 0.4) is 0 Å². The summed E-state index contributed by atoms with van der Waals surface area (Å²) in [5.41, 5.74) is 4.81. The molecule has 28 heavy (non-hydrogen) atoms. The third kappa shape index (κ3) is 4.89. The molecule has 1 aliphatic heterocycles. The maximum absolute atomic E-state index is 11.7. The second-order valence-electron chi connectivity index (χ2n) is 8.28. The first-order chi connectivity index (χ1) is 13.3. The van der Waals surface area contributed by atoms with E-state index in [-0.39, 0.29) is 5.91 Å². The van der Waals surface area contributed by atoms with Crippen LogP contribution in [0, 0.1) is 19.8 Å². The predicted molar refractivity (Wildman–Crippen MR) is 114 cm³/mol. The van der Waals surface area contributed by atoms with E-state index in [1.165, 1.54) is 16.7 Å². The summed E-state index contributed by atoms with van der Waals surface area (Å²) in [4.78, 5) is 25.8. The van der Waals surface area contributed by atoms with Gasteiger partial charge in [-0.05, 0) is 25.3 Å². The Labute approximate surface area is 168 Å². The summed E-state index contributed by atoms with van der Waals surface area (Å²) in [7, 11) is 0. The van der Waals surface area contributed by atoms with E-state index in [1.807, 2.05) is 4.90 Å². The number of hydrogen-bond donors (Lipinski definition) is 0. The van der Waals surface area contributed by atoms with Gasteiger partial charge in [0.05, 0.1) is 0 Å². The van der Waals surface area contributed by atoms with Gasteiger partial charge in [0.1, 0.15) is 11.6 Å². The SMILES string of the molecule is CC(=O)N1CCN(c2nc(CC(C)C)nc(C)c2Cc2ccc(C)cc2)CC1. The molecular formula is C23H32N4O. The fourth-order valence-electron chi connectivity index (χ4n) is 3.71. The number of aryl methyl sites for hydroxylation is 2. The number of aromatic nitrogens is 2. The van der Waals surface area contributed by atoms with Crippen molar-refractivity contribution in [1.82, 2.24) is 14.9 Å². The lowest BCUT2D eigenvalue weighted by Gasteiger charge is -2.36. The van der Waals surface area contributed by atoms with Crippen LogP contribution >= 0.6 is 0 Å². The van der Waals surface area contributed by atoms with E-state index >= 15 is 0 Å². The number of piperazine rings is 1. The molecule has 0 bridgehead atoms. The van der Waals surface area contributed by atoms with Crippen molar-refractivity contribution in [3.05, 3.63) is 52.5 Å². The molecule has 1 fully saturated rings. The zero-order valence-electron chi connectivity index (χ0n) is 17.8. The highest BCUT2D eigenvalue weighted by molar-refractivity contribution is 5.73. The normalized spacial score (nSPS) is 14.6. The Bertz CT molecular complexity index is 821. The van der Waals surface area contributed by atoms with Crippen LogP contribution in [0.25, 0.3) is 0 Å². The fraction of sp³-hybridized carbons (Fsp3) is 0.522. The molecule has 2 aromatic rings. The summed E-state index contributed by atoms with van der Waals surface area (Å²) < 4.78 is 0. The van der Waals surface area contributed by atoms with Crippen molar-refractivity contribution in [3.8, 4) is 0 Å². The van der Waals surface area contributed by atoms with Crippen LogP contribution in [0.1, 0.15) is 49.0 Å². The van der Waals surface area contributed by atoms with Crippen molar-refractivity contribution in [1.29, 1.82) is 0 Å². The summed E-state index contributed by atoms with van der Waals surface area (Å²) in [6.45, 7) is 13.4. The van der Waals surface area contributed by atoms with Gasteiger partial charge >= 0.3 is 0 Å². The molecule has 0 N–H and O–H groups in total. The van der Waals surface area contributed by atoms with Crippen molar-refractivity contribution in [2.75, 3.05) is 31.1 Å². The fourth-order valence-corrected chi connectivity index (χ4v) is 3.71. The molecule has 1 saturated heterocycles. The van der Waals surface area contributed by atoms with E-state index in [4.69, 9.17) is 9.97 Å². The topological polar surface area (TPSA) is 49.3 Å². The largest absolute Gasteiger partial charge is 0.353 e. The van der Waals surface area contributed by atoms with Crippen molar-refractivity contribution in [3.63, 3.8) is 0 Å². The van der Waals surface area contributed by atoms with Gasteiger partial charge in [-0.15, -0.1) is 0 Å². The molecule has 0 radical (unpaired) electrons. The average Bonchev–Trinajstić information content (AvgIpc) is 2.65. The van der Waals surface area contributed by atoms with Crippen LogP contribution in [0.4, 0.5) is 5.82 Å². The predicted octanol–water partition coefficient (Wildman–Crippen LogP) is 3.55. The number of rotatable bonds is 5. The van der Waals surface area contributed by atoms with Gasteiger partial charge in [0.15, 0.2) is 0 Å². The molecule has 150 valence electrons. The van der Waals surface area contributed by atoms with E-state index < -0.39 is 0 Å². The minimum atomic E-state index is 0.152. The van der Waals surface area contributed by atoms with E-state index in [1.54, 1.807) is 6.92 Å². The summed E-state index contributed by atoms with van der Waals surface area (Å²) in [6, 6.07) is 8.69. The van der Waals surface area contributed by atoms with Crippen LogP contribution < -0.4 is 4.90 Å². The molecule has 0 aliphatic carbocycles. The molecule has 1 aromatic carbocycles. The number of carbonyl (C=O) groups excluding carboxylic acids is 1. The molecule has 5 heteroatoms. The molecule has 1 amide bonds. The highest BCUT2D eigenvalue weighted by Crippen LogP contribution is 2.26. The van der Waals surface area contributed by atoms with E-state index in [9.17, 15) is 4.79 Å². The van der Waals surface area contributed by atoms with Gasteiger partial charge in [0.2, 0.25) is 5.91 Å². The van der Waals surface area contributed by atoms with Gasteiger partial charge in [-0.3, -0.25) is 4.79 Å². The standard InChI is InChI=1S/C23H32N4O/c1-16(2)14-22-24-18(4)21(15-20-8-6-17(3)7-9-20)23(25-22)27-12-10-26(11-13-27)19(5)28/h6-9,16H,10-15H2,1-5H3. The Morgan fingerprint density at radius 3 is 2.25 bits per heavy atom. The quantitative estimate of drug-likeness (QED) is 0.796. The molecule has 0 spiro atoms. The molecule has 5 nitrogen and oxygen atoms in total. The highest BCUT2D eigenvalue weighted by Gasteiger charge is 2.24.